The fraction of sp³-hybridized carbons (Fsp3) is 0.700. The molecule has 1 rings (SSSR count). The van der Waals surface area contributed by atoms with Crippen molar-refractivity contribution in [1.82, 2.24) is 5.32 Å². The highest BCUT2D eigenvalue weighted by molar-refractivity contribution is 5.85. The van der Waals surface area contributed by atoms with Gasteiger partial charge in [0.25, 0.3) is 0 Å². The lowest BCUT2D eigenvalue weighted by Crippen LogP contribution is -2.46. The Balaban J connectivity index is 0.00000529. The lowest BCUT2D eigenvalue weighted by atomic mass is 9.82. The normalized spacial score (nSPS) is 13.5. The topological polar surface area (TPSA) is 41.5 Å². The van der Waals surface area contributed by atoms with E-state index in [1.165, 1.54) is 5.56 Å². The van der Waals surface area contributed by atoms with Gasteiger partial charge in [0, 0.05) is 12.1 Å². The molecular weight excluding hydrogens is 322 g/mol. The highest BCUT2D eigenvalue weighted by Crippen LogP contribution is 2.26. The zero-order valence-electron chi connectivity index (χ0n) is 16.3. The molecule has 1 atom stereocenters. The lowest BCUT2D eigenvalue weighted by molar-refractivity contribution is 0.0944. The number of ether oxygens (including phenoxy) is 1. The fourth-order valence-corrected chi connectivity index (χ4v) is 2.98. The van der Waals surface area contributed by atoms with Crippen molar-refractivity contribution in [3.8, 4) is 5.75 Å². The van der Waals surface area contributed by atoms with Crippen LogP contribution in [0, 0.1) is 5.41 Å². The largest absolute Gasteiger partial charge is 0.491 e. The van der Waals surface area contributed by atoms with Crippen LogP contribution in [0.5, 0.6) is 5.75 Å². The van der Waals surface area contributed by atoms with Crippen LogP contribution in [0.4, 0.5) is 0 Å². The molecule has 0 saturated carbocycles. The Labute approximate surface area is 154 Å². The molecule has 0 bridgehead atoms. The molecule has 0 heterocycles. The van der Waals surface area contributed by atoms with Crippen molar-refractivity contribution in [3.63, 3.8) is 0 Å². The third-order valence-electron chi connectivity index (χ3n) is 3.78. The Hall–Kier alpha value is -0.770. The van der Waals surface area contributed by atoms with Crippen molar-refractivity contribution in [2.75, 3.05) is 13.2 Å². The third-order valence-corrected chi connectivity index (χ3v) is 3.78. The zero-order chi connectivity index (χ0) is 17.7. The quantitative estimate of drug-likeness (QED) is 0.703. The first-order chi connectivity index (χ1) is 10.5. The molecule has 2 N–H and O–H groups in total. The first-order valence-corrected chi connectivity index (χ1v) is 8.64. The van der Waals surface area contributed by atoms with Crippen LogP contribution in [0.15, 0.2) is 24.3 Å². The Kier molecular flexibility index (Phi) is 9.34. The average molecular weight is 358 g/mol. The summed E-state index contributed by atoms with van der Waals surface area (Å²) < 4.78 is 5.68. The van der Waals surface area contributed by atoms with Gasteiger partial charge in [-0.3, -0.25) is 0 Å². The van der Waals surface area contributed by atoms with Crippen LogP contribution in [0.1, 0.15) is 66.4 Å². The summed E-state index contributed by atoms with van der Waals surface area (Å²) in [5.41, 5.74) is 1.55. The molecule has 1 unspecified atom stereocenters. The van der Waals surface area contributed by atoms with Gasteiger partial charge in [-0.1, -0.05) is 46.8 Å². The third kappa shape index (κ3) is 9.51. The standard InChI is InChI=1S/C20H35NO2.ClH/c1-15(2)16-8-10-18(11-9-16)23-13-17(22)12-21-20(6,7)14-19(3,4)5;/h8-11,15,17,21-22H,12-14H2,1-7H3;1H. The van der Waals surface area contributed by atoms with E-state index in [2.05, 4.69) is 65.9 Å². The summed E-state index contributed by atoms with van der Waals surface area (Å²) in [4.78, 5) is 0. The number of rotatable bonds is 8. The van der Waals surface area contributed by atoms with Crippen molar-refractivity contribution in [2.45, 2.75) is 72.4 Å². The summed E-state index contributed by atoms with van der Waals surface area (Å²) in [5, 5.41) is 13.6. The van der Waals surface area contributed by atoms with E-state index >= 15 is 0 Å². The number of hydrogen-bond acceptors (Lipinski definition) is 3. The summed E-state index contributed by atoms with van der Waals surface area (Å²) in [6.07, 6.45) is 0.531. The van der Waals surface area contributed by atoms with Gasteiger partial charge < -0.3 is 15.2 Å². The van der Waals surface area contributed by atoms with Crippen LogP contribution in [0.3, 0.4) is 0 Å². The molecule has 0 saturated heterocycles. The summed E-state index contributed by atoms with van der Waals surface area (Å²) in [6.45, 7) is 16.2. The number of halogens is 1. The maximum absolute atomic E-state index is 10.1. The van der Waals surface area contributed by atoms with E-state index in [4.69, 9.17) is 4.74 Å². The van der Waals surface area contributed by atoms with Gasteiger partial charge in [-0.25, -0.2) is 0 Å². The Morgan fingerprint density at radius 1 is 1.04 bits per heavy atom. The summed E-state index contributed by atoms with van der Waals surface area (Å²) in [5.74, 6) is 1.33. The van der Waals surface area contributed by atoms with Crippen LogP contribution in [0.25, 0.3) is 0 Å². The van der Waals surface area contributed by atoms with E-state index < -0.39 is 6.10 Å². The predicted molar refractivity (Wildman–Crippen MR) is 105 cm³/mol. The van der Waals surface area contributed by atoms with Crippen LogP contribution in [0.2, 0.25) is 0 Å². The van der Waals surface area contributed by atoms with Gasteiger partial charge in [0.05, 0.1) is 0 Å². The second kappa shape index (κ2) is 9.65. The van der Waals surface area contributed by atoms with E-state index in [0.717, 1.165) is 12.2 Å². The van der Waals surface area contributed by atoms with Crippen molar-refractivity contribution >= 4 is 12.4 Å². The van der Waals surface area contributed by atoms with Gasteiger partial charge in [0.1, 0.15) is 18.5 Å². The maximum Gasteiger partial charge on any atom is 0.119 e. The van der Waals surface area contributed by atoms with Gasteiger partial charge in [-0.2, -0.15) is 0 Å². The first kappa shape index (κ1) is 23.2. The van der Waals surface area contributed by atoms with Crippen LogP contribution in [-0.2, 0) is 0 Å². The van der Waals surface area contributed by atoms with Gasteiger partial charge in [0.2, 0.25) is 0 Å². The molecular formula is C20H36ClNO2. The Bertz CT molecular complexity index is 464. The molecule has 0 aliphatic rings. The fourth-order valence-electron chi connectivity index (χ4n) is 2.98. The number of β-amino-alcohol motifs (C(OH)–C–C–N with tert-alkyl or cyclic N) is 1. The summed E-state index contributed by atoms with van der Waals surface area (Å²) >= 11 is 0. The van der Waals surface area contributed by atoms with Gasteiger partial charge in [0.15, 0.2) is 0 Å². The summed E-state index contributed by atoms with van der Waals surface area (Å²) in [6, 6.07) is 8.10. The van der Waals surface area contributed by atoms with Crippen molar-refractivity contribution in [2.24, 2.45) is 5.41 Å². The highest BCUT2D eigenvalue weighted by atomic mass is 35.5. The molecule has 0 amide bonds. The molecule has 1 aromatic carbocycles. The molecule has 0 aliphatic carbocycles. The van der Waals surface area contributed by atoms with E-state index in [9.17, 15) is 5.11 Å². The van der Waals surface area contributed by atoms with Gasteiger partial charge in [-0.15, -0.1) is 12.4 Å². The van der Waals surface area contributed by atoms with E-state index in [1.807, 2.05) is 12.1 Å². The van der Waals surface area contributed by atoms with Crippen LogP contribution >= 0.6 is 12.4 Å². The molecule has 1 aromatic rings. The minimum atomic E-state index is -0.515. The highest BCUT2D eigenvalue weighted by Gasteiger charge is 2.25. The van der Waals surface area contributed by atoms with E-state index in [-0.39, 0.29) is 23.4 Å². The van der Waals surface area contributed by atoms with Crippen molar-refractivity contribution in [3.05, 3.63) is 29.8 Å². The smallest absolute Gasteiger partial charge is 0.119 e. The monoisotopic (exact) mass is 357 g/mol. The minimum Gasteiger partial charge on any atom is -0.491 e. The number of nitrogens with one attached hydrogen (secondary N) is 1. The first-order valence-electron chi connectivity index (χ1n) is 8.64. The second-order valence-electron chi connectivity index (χ2n) is 8.69. The van der Waals surface area contributed by atoms with E-state index in [0.29, 0.717) is 19.1 Å². The SMILES string of the molecule is CC(C)c1ccc(OCC(O)CNC(C)(C)CC(C)(C)C)cc1.Cl. The maximum atomic E-state index is 10.1. The van der Waals surface area contributed by atoms with Gasteiger partial charge in [-0.05, 0) is 49.3 Å². The van der Waals surface area contributed by atoms with E-state index in [1.54, 1.807) is 0 Å². The Morgan fingerprint density at radius 2 is 1.58 bits per heavy atom. The number of aliphatic hydroxyl groups excluding tert-OH is 1. The minimum absolute atomic E-state index is 0. The molecule has 0 aliphatic heterocycles. The molecule has 140 valence electrons. The average Bonchev–Trinajstić information content (AvgIpc) is 2.41. The molecule has 24 heavy (non-hydrogen) atoms. The number of aliphatic hydroxyl groups is 1. The van der Waals surface area contributed by atoms with Crippen molar-refractivity contribution in [1.29, 1.82) is 0 Å². The molecule has 4 heteroatoms. The second-order valence-corrected chi connectivity index (χ2v) is 8.69. The van der Waals surface area contributed by atoms with Crippen molar-refractivity contribution < 1.29 is 9.84 Å². The predicted octanol–water partition coefficient (Wildman–Crippen LogP) is 4.78. The Morgan fingerprint density at radius 3 is 2.04 bits per heavy atom. The number of hydrogen-bond donors (Lipinski definition) is 2. The molecule has 0 spiro atoms. The molecule has 0 fully saturated rings. The van der Waals surface area contributed by atoms with Crippen LogP contribution < -0.4 is 10.1 Å². The number of benzene rings is 1. The molecule has 0 radical (unpaired) electrons. The van der Waals surface area contributed by atoms with Gasteiger partial charge >= 0.3 is 0 Å². The summed E-state index contributed by atoms with van der Waals surface area (Å²) in [7, 11) is 0. The van der Waals surface area contributed by atoms with Crippen LogP contribution in [-0.4, -0.2) is 29.9 Å². The molecule has 3 nitrogen and oxygen atoms in total. The zero-order valence-corrected chi connectivity index (χ0v) is 17.2. The molecule has 0 aromatic heterocycles. The lowest BCUT2D eigenvalue weighted by Gasteiger charge is -2.34.